The van der Waals surface area contributed by atoms with Gasteiger partial charge < -0.3 is 0 Å². The standard InChI is InChI=1S/C22H15N3O4S/c26-19(15-10-12-17(13-11-15)25(28)29)14-23-22-24(18-8-4-5-9-20(18)30-22)21(27)16-6-2-1-3-7-16/h1-13H,14H2. The van der Waals surface area contributed by atoms with E-state index in [2.05, 4.69) is 4.99 Å². The summed E-state index contributed by atoms with van der Waals surface area (Å²) >= 11 is 1.32. The zero-order valence-corrected chi connectivity index (χ0v) is 16.4. The maximum atomic E-state index is 13.1. The van der Waals surface area contributed by atoms with Crippen LogP contribution >= 0.6 is 11.3 Å². The highest BCUT2D eigenvalue weighted by atomic mass is 32.1. The molecule has 0 unspecified atom stereocenters. The van der Waals surface area contributed by atoms with E-state index in [0.29, 0.717) is 15.9 Å². The molecule has 1 aromatic heterocycles. The van der Waals surface area contributed by atoms with Gasteiger partial charge >= 0.3 is 0 Å². The lowest BCUT2D eigenvalue weighted by Crippen LogP contribution is -2.24. The van der Waals surface area contributed by atoms with Crippen molar-refractivity contribution in [2.24, 2.45) is 4.99 Å². The number of nitro benzene ring substituents is 1. The van der Waals surface area contributed by atoms with E-state index in [4.69, 9.17) is 0 Å². The van der Waals surface area contributed by atoms with E-state index in [-0.39, 0.29) is 23.9 Å². The van der Waals surface area contributed by atoms with Gasteiger partial charge in [0.15, 0.2) is 10.6 Å². The predicted octanol–water partition coefficient (Wildman–Crippen LogP) is 4.08. The van der Waals surface area contributed by atoms with Gasteiger partial charge in [-0.15, -0.1) is 0 Å². The van der Waals surface area contributed by atoms with E-state index >= 15 is 0 Å². The molecule has 0 amide bonds. The summed E-state index contributed by atoms with van der Waals surface area (Å²) in [6.45, 7) is -0.174. The van der Waals surface area contributed by atoms with Crippen molar-refractivity contribution in [1.29, 1.82) is 0 Å². The molecule has 7 nitrogen and oxygen atoms in total. The fraction of sp³-hybridized carbons (Fsp3) is 0.0455. The third kappa shape index (κ3) is 3.81. The largest absolute Gasteiger partial charge is 0.292 e. The molecule has 8 heteroatoms. The van der Waals surface area contributed by atoms with Gasteiger partial charge in [0.25, 0.3) is 11.6 Å². The van der Waals surface area contributed by atoms with Crippen LogP contribution in [-0.4, -0.2) is 27.7 Å². The Morgan fingerprint density at radius 3 is 2.27 bits per heavy atom. The molecule has 1 heterocycles. The molecular weight excluding hydrogens is 402 g/mol. The summed E-state index contributed by atoms with van der Waals surface area (Å²) in [5.41, 5.74) is 1.48. The first-order chi connectivity index (χ1) is 14.5. The fourth-order valence-corrected chi connectivity index (χ4v) is 3.99. The molecule has 0 atom stereocenters. The molecule has 4 rings (SSSR count). The molecule has 0 N–H and O–H groups in total. The van der Waals surface area contributed by atoms with Crippen LogP contribution in [0.1, 0.15) is 20.7 Å². The normalized spacial score (nSPS) is 11.5. The number of rotatable bonds is 5. The Labute approximate surface area is 174 Å². The van der Waals surface area contributed by atoms with Gasteiger partial charge in [0.1, 0.15) is 6.54 Å². The summed E-state index contributed by atoms with van der Waals surface area (Å²) in [7, 11) is 0. The molecule has 0 saturated carbocycles. The molecule has 0 fully saturated rings. The monoisotopic (exact) mass is 417 g/mol. The molecule has 3 aromatic carbocycles. The van der Waals surface area contributed by atoms with Crippen LogP contribution in [0.25, 0.3) is 10.2 Å². The van der Waals surface area contributed by atoms with Crippen LogP contribution in [0.2, 0.25) is 0 Å². The zero-order valence-electron chi connectivity index (χ0n) is 15.6. The van der Waals surface area contributed by atoms with Gasteiger partial charge in [-0.2, -0.15) is 0 Å². The highest BCUT2D eigenvalue weighted by Crippen LogP contribution is 2.18. The molecule has 0 bridgehead atoms. The summed E-state index contributed by atoms with van der Waals surface area (Å²) in [6, 6.07) is 21.7. The van der Waals surface area contributed by atoms with Gasteiger partial charge in [0, 0.05) is 23.3 Å². The number of hydrogen-bond donors (Lipinski definition) is 0. The van der Waals surface area contributed by atoms with Crippen LogP contribution in [-0.2, 0) is 0 Å². The maximum absolute atomic E-state index is 13.1. The number of carbonyl (C=O) groups excluding carboxylic acids is 2. The highest BCUT2D eigenvalue weighted by Gasteiger charge is 2.15. The minimum Gasteiger partial charge on any atom is -0.292 e. The summed E-state index contributed by atoms with van der Waals surface area (Å²) in [5.74, 6) is -0.518. The summed E-state index contributed by atoms with van der Waals surface area (Å²) < 4.78 is 2.39. The molecule has 148 valence electrons. The number of hydrogen-bond acceptors (Lipinski definition) is 6. The SMILES string of the molecule is O=C(CN=c1sc2ccccc2n1C(=O)c1ccccc1)c1ccc([N+](=O)[O-])cc1. The smallest absolute Gasteiger partial charge is 0.269 e. The molecule has 0 aliphatic heterocycles. The summed E-state index contributed by atoms with van der Waals surface area (Å²) in [4.78, 5) is 40.7. The van der Waals surface area contributed by atoms with Crippen LogP contribution in [0.15, 0.2) is 83.9 Å². The van der Waals surface area contributed by atoms with E-state index in [9.17, 15) is 19.7 Å². The van der Waals surface area contributed by atoms with Crippen LogP contribution in [0.5, 0.6) is 0 Å². The maximum Gasteiger partial charge on any atom is 0.269 e. The lowest BCUT2D eigenvalue weighted by molar-refractivity contribution is -0.384. The minimum absolute atomic E-state index is 0.0840. The van der Waals surface area contributed by atoms with E-state index < -0.39 is 4.92 Å². The second kappa shape index (κ2) is 8.22. The van der Waals surface area contributed by atoms with Gasteiger partial charge in [-0.25, -0.2) is 0 Å². The number of carbonyl (C=O) groups is 2. The number of benzene rings is 3. The average Bonchev–Trinajstić information content (AvgIpc) is 3.16. The molecule has 0 saturated heterocycles. The number of para-hydroxylation sites is 1. The molecule has 30 heavy (non-hydrogen) atoms. The summed E-state index contributed by atoms with van der Waals surface area (Å²) in [5, 5.41) is 10.8. The van der Waals surface area contributed by atoms with Crippen molar-refractivity contribution in [2.75, 3.05) is 6.54 Å². The second-order valence-corrected chi connectivity index (χ2v) is 7.41. The van der Waals surface area contributed by atoms with E-state index in [1.165, 1.54) is 40.2 Å². The van der Waals surface area contributed by atoms with E-state index in [0.717, 1.165) is 10.2 Å². The van der Waals surface area contributed by atoms with Crippen molar-refractivity contribution in [3.05, 3.63) is 105 Å². The van der Waals surface area contributed by atoms with Gasteiger partial charge in [0.05, 0.1) is 15.1 Å². The minimum atomic E-state index is -0.520. The van der Waals surface area contributed by atoms with Crippen LogP contribution < -0.4 is 4.80 Å². The third-order valence-electron chi connectivity index (χ3n) is 4.48. The van der Waals surface area contributed by atoms with E-state index in [1.807, 2.05) is 30.3 Å². The number of thiazole rings is 1. The molecule has 0 aliphatic rings. The topological polar surface area (TPSA) is 94.6 Å². The lowest BCUT2D eigenvalue weighted by Gasteiger charge is -2.04. The molecular formula is C22H15N3O4S. The first-order valence-corrected chi connectivity index (χ1v) is 9.85. The van der Waals surface area contributed by atoms with E-state index in [1.54, 1.807) is 24.3 Å². The van der Waals surface area contributed by atoms with Crippen molar-refractivity contribution in [3.8, 4) is 0 Å². The number of Topliss-reactive ketones (excluding diaryl/α,β-unsaturated/α-hetero) is 1. The van der Waals surface area contributed by atoms with Gasteiger partial charge in [-0.05, 0) is 36.4 Å². The Hall–Kier alpha value is -3.91. The zero-order chi connectivity index (χ0) is 21.1. The van der Waals surface area contributed by atoms with Crippen molar-refractivity contribution in [3.63, 3.8) is 0 Å². The first-order valence-electron chi connectivity index (χ1n) is 9.03. The molecule has 0 aliphatic carbocycles. The number of ketones is 1. The van der Waals surface area contributed by atoms with Gasteiger partial charge in [-0.1, -0.05) is 41.7 Å². The Bertz CT molecular complexity index is 1320. The number of nitro groups is 1. The Morgan fingerprint density at radius 2 is 1.57 bits per heavy atom. The molecule has 0 radical (unpaired) electrons. The van der Waals surface area contributed by atoms with Crippen molar-refractivity contribution in [2.45, 2.75) is 0 Å². The second-order valence-electron chi connectivity index (χ2n) is 6.40. The Morgan fingerprint density at radius 1 is 0.900 bits per heavy atom. The van der Waals surface area contributed by atoms with Crippen molar-refractivity contribution in [1.82, 2.24) is 4.57 Å². The first kappa shape index (κ1) is 19.4. The summed E-state index contributed by atoms with van der Waals surface area (Å²) in [6.07, 6.45) is 0. The van der Waals surface area contributed by atoms with Crippen LogP contribution in [0.3, 0.4) is 0 Å². The van der Waals surface area contributed by atoms with Crippen LogP contribution in [0, 0.1) is 10.1 Å². The fourth-order valence-electron chi connectivity index (χ4n) is 2.98. The molecule has 0 spiro atoms. The number of non-ortho nitro benzene ring substituents is 1. The quantitative estimate of drug-likeness (QED) is 0.278. The molecule has 4 aromatic rings. The van der Waals surface area contributed by atoms with Crippen molar-refractivity contribution >= 4 is 38.9 Å². The number of fused-ring (bicyclic) bond motifs is 1. The van der Waals surface area contributed by atoms with Gasteiger partial charge in [0.2, 0.25) is 0 Å². The van der Waals surface area contributed by atoms with Crippen molar-refractivity contribution < 1.29 is 14.5 Å². The lowest BCUT2D eigenvalue weighted by atomic mass is 10.1. The highest BCUT2D eigenvalue weighted by molar-refractivity contribution is 7.16. The van der Waals surface area contributed by atoms with Gasteiger partial charge in [-0.3, -0.25) is 29.3 Å². The number of aromatic nitrogens is 1. The Kier molecular flexibility index (Phi) is 5.32. The average molecular weight is 417 g/mol. The predicted molar refractivity (Wildman–Crippen MR) is 114 cm³/mol. The third-order valence-corrected chi connectivity index (χ3v) is 5.54. The van der Waals surface area contributed by atoms with Crippen LogP contribution in [0.4, 0.5) is 5.69 Å². The number of nitrogens with zero attached hydrogens (tertiary/aromatic N) is 3. The Balaban J connectivity index is 1.71.